The fraction of sp³-hybridized carbons (Fsp3) is 0.188. The molecule has 2 heterocycles. The third-order valence-corrected chi connectivity index (χ3v) is 7.16. The van der Waals surface area contributed by atoms with E-state index in [1.165, 1.54) is 5.56 Å². The Morgan fingerprint density at radius 3 is 2.51 bits per heavy atom. The minimum Gasteiger partial charge on any atom is -0.491 e. The van der Waals surface area contributed by atoms with Gasteiger partial charge in [-0.3, -0.25) is 4.79 Å². The number of aromatic amines is 1. The predicted molar refractivity (Wildman–Crippen MR) is 152 cm³/mol. The number of benzene rings is 4. The molecule has 4 aromatic carbocycles. The highest BCUT2D eigenvalue weighted by molar-refractivity contribution is 5.96. The summed E-state index contributed by atoms with van der Waals surface area (Å²) in [6.07, 6.45) is 2.14. The van der Waals surface area contributed by atoms with Gasteiger partial charge in [-0.1, -0.05) is 84.4 Å². The topological polar surface area (TPSA) is 92.8 Å². The summed E-state index contributed by atoms with van der Waals surface area (Å²) in [5, 5.41) is 17.9. The lowest BCUT2D eigenvalue weighted by Crippen LogP contribution is -2.16. The molecule has 0 bridgehead atoms. The van der Waals surface area contributed by atoms with Crippen LogP contribution in [0.2, 0.25) is 0 Å². The molecule has 0 fully saturated rings. The van der Waals surface area contributed by atoms with Gasteiger partial charge in [0.05, 0.1) is 18.7 Å². The van der Waals surface area contributed by atoms with Gasteiger partial charge >= 0.3 is 0 Å². The SMILES string of the molecule is Cc1ccc(CC(=O)Nc2cc(-c3ccccc3-c3nn[nH]n3)cc3c2OCCCC3c2ccccc2)cc1. The fourth-order valence-corrected chi connectivity index (χ4v) is 5.26. The number of carbonyl (C=O) groups is 1. The molecule has 1 unspecified atom stereocenters. The van der Waals surface area contributed by atoms with Crippen molar-refractivity contribution in [3.63, 3.8) is 0 Å². The van der Waals surface area contributed by atoms with E-state index in [2.05, 4.69) is 56.3 Å². The van der Waals surface area contributed by atoms with Crippen LogP contribution in [-0.4, -0.2) is 33.1 Å². The normalized spacial score (nSPS) is 14.6. The van der Waals surface area contributed by atoms with E-state index in [-0.39, 0.29) is 18.2 Å². The second-order valence-corrected chi connectivity index (χ2v) is 9.89. The standard InChI is InChI=1S/C32H29N5O2/c1-21-13-15-22(16-14-21)18-30(38)33-29-20-24(26-10-5-6-11-27(26)32-34-36-37-35-32)19-28-25(12-7-17-39-31(28)29)23-8-3-2-4-9-23/h2-6,8-11,13-16,19-20,25H,7,12,17-18H2,1H3,(H,33,38)(H,34,35,36,37). The fourth-order valence-electron chi connectivity index (χ4n) is 5.26. The summed E-state index contributed by atoms with van der Waals surface area (Å²) >= 11 is 0. The van der Waals surface area contributed by atoms with Crippen molar-refractivity contribution >= 4 is 11.6 Å². The number of aryl methyl sites for hydroxylation is 1. The average Bonchev–Trinajstić information content (AvgIpc) is 3.42. The minimum atomic E-state index is -0.0891. The van der Waals surface area contributed by atoms with Crippen LogP contribution < -0.4 is 10.1 Å². The van der Waals surface area contributed by atoms with Crippen molar-refractivity contribution in [3.05, 3.63) is 113 Å². The van der Waals surface area contributed by atoms with E-state index in [0.717, 1.165) is 52.0 Å². The lowest BCUT2D eigenvalue weighted by atomic mass is 9.85. The quantitative estimate of drug-likeness (QED) is 0.276. The number of amides is 1. The van der Waals surface area contributed by atoms with Crippen molar-refractivity contribution in [2.75, 3.05) is 11.9 Å². The van der Waals surface area contributed by atoms with Gasteiger partial charge in [0.15, 0.2) is 0 Å². The van der Waals surface area contributed by atoms with E-state index in [0.29, 0.717) is 18.1 Å². The van der Waals surface area contributed by atoms with Gasteiger partial charge in [-0.15, -0.1) is 10.2 Å². The molecule has 194 valence electrons. The average molecular weight is 516 g/mol. The highest BCUT2D eigenvalue weighted by Crippen LogP contribution is 2.45. The van der Waals surface area contributed by atoms with Crippen molar-refractivity contribution in [2.24, 2.45) is 0 Å². The summed E-state index contributed by atoms with van der Waals surface area (Å²) < 4.78 is 6.34. The number of nitrogens with zero attached hydrogens (tertiary/aromatic N) is 3. The van der Waals surface area contributed by atoms with Crippen molar-refractivity contribution in [1.82, 2.24) is 20.6 Å². The zero-order valence-electron chi connectivity index (χ0n) is 21.7. The Balaban J connectivity index is 1.47. The van der Waals surface area contributed by atoms with E-state index >= 15 is 0 Å². The third-order valence-electron chi connectivity index (χ3n) is 7.16. The lowest BCUT2D eigenvalue weighted by Gasteiger charge is -2.22. The Hall–Kier alpha value is -4.78. The Morgan fingerprint density at radius 1 is 0.974 bits per heavy atom. The molecule has 6 rings (SSSR count). The van der Waals surface area contributed by atoms with Gasteiger partial charge in [0, 0.05) is 17.0 Å². The lowest BCUT2D eigenvalue weighted by molar-refractivity contribution is -0.115. The molecule has 0 saturated carbocycles. The highest BCUT2D eigenvalue weighted by Gasteiger charge is 2.26. The molecule has 2 N–H and O–H groups in total. The largest absolute Gasteiger partial charge is 0.491 e. The van der Waals surface area contributed by atoms with Gasteiger partial charge in [-0.2, -0.15) is 5.21 Å². The summed E-state index contributed by atoms with van der Waals surface area (Å²) in [6.45, 7) is 2.63. The van der Waals surface area contributed by atoms with Crippen LogP contribution in [0.1, 0.15) is 41.0 Å². The number of fused-ring (bicyclic) bond motifs is 1. The molecule has 1 aliphatic heterocycles. The van der Waals surface area contributed by atoms with E-state index in [1.807, 2.05) is 67.6 Å². The van der Waals surface area contributed by atoms with Crippen LogP contribution in [0.25, 0.3) is 22.5 Å². The Kier molecular flexibility index (Phi) is 6.87. The maximum absolute atomic E-state index is 13.3. The maximum Gasteiger partial charge on any atom is 0.228 e. The molecule has 39 heavy (non-hydrogen) atoms. The minimum absolute atomic E-state index is 0.0891. The van der Waals surface area contributed by atoms with Crippen LogP contribution in [0.5, 0.6) is 5.75 Å². The second kappa shape index (κ2) is 10.9. The number of H-pyrrole nitrogens is 1. The predicted octanol–water partition coefficient (Wildman–Crippen LogP) is 6.33. The molecule has 7 heteroatoms. The smallest absolute Gasteiger partial charge is 0.228 e. The van der Waals surface area contributed by atoms with Crippen LogP contribution in [-0.2, 0) is 11.2 Å². The van der Waals surface area contributed by atoms with Crippen molar-refractivity contribution in [2.45, 2.75) is 32.1 Å². The van der Waals surface area contributed by atoms with Crippen molar-refractivity contribution in [1.29, 1.82) is 0 Å². The Morgan fingerprint density at radius 2 is 1.74 bits per heavy atom. The molecule has 0 spiro atoms. The summed E-state index contributed by atoms with van der Waals surface area (Å²) in [7, 11) is 0. The monoisotopic (exact) mass is 515 g/mol. The summed E-state index contributed by atoms with van der Waals surface area (Å²) in [6, 6.07) is 30.7. The van der Waals surface area contributed by atoms with Crippen LogP contribution in [0, 0.1) is 6.92 Å². The van der Waals surface area contributed by atoms with Crippen LogP contribution in [0.3, 0.4) is 0 Å². The van der Waals surface area contributed by atoms with Gasteiger partial charge < -0.3 is 10.1 Å². The van der Waals surface area contributed by atoms with Crippen LogP contribution in [0.4, 0.5) is 5.69 Å². The number of nitrogens with one attached hydrogen (secondary N) is 2. The first-order valence-corrected chi connectivity index (χ1v) is 13.2. The number of anilines is 1. The zero-order chi connectivity index (χ0) is 26.6. The summed E-state index contributed by atoms with van der Waals surface area (Å²) in [5.41, 5.74) is 7.84. The summed E-state index contributed by atoms with van der Waals surface area (Å²) in [5.74, 6) is 1.29. The van der Waals surface area contributed by atoms with Crippen molar-refractivity contribution in [3.8, 4) is 28.3 Å². The Labute approximate surface area is 227 Å². The first-order valence-electron chi connectivity index (χ1n) is 13.2. The van der Waals surface area contributed by atoms with Gasteiger partial charge in [-0.05, 0) is 59.4 Å². The van der Waals surface area contributed by atoms with Gasteiger partial charge in [-0.25, -0.2) is 0 Å². The second-order valence-electron chi connectivity index (χ2n) is 9.89. The number of rotatable bonds is 6. The van der Waals surface area contributed by atoms with Crippen molar-refractivity contribution < 1.29 is 9.53 Å². The molecule has 1 atom stereocenters. The van der Waals surface area contributed by atoms with E-state index in [4.69, 9.17) is 4.74 Å². The molecule has 0 radical (unpaired) electrons. The van der Waals surface area contributed by atoms with Gasteiger partial charge in [0.2, 0.25) is 11.7 Å². The first-order chi connectivity index (χ1) is 19.2. The molecular weight excluding hydrogens is 486 g/mol. The maximum atomic E-state index is 13.3. The number of aromatic nitrogens is 4. The molecule has 0 aliphatic carbocycles. The molecule has 5 aromatic rings. The van der Waals surface area contributed by atoms with E-state index in [1.54, 1.807) is 0 Å². The van der Waals surface area contributed by atoms with Gasteiger partial charge in [0.1, 0.15) is 5.75 Å². The van der Waals surface area contributed by atoms with Gasteiger partial charge in [0.25, 0.3) is 0 Å². The number of ether oxygens (including phenoxy) is 1. The molecule has 0 saturated heterocycles. The van der Waals surface area contributed by atoms with Crippen LogP contribution >= 0.6 is 0 Å². The molecule has 1 amide bonds. The van der Waals surface area contributed by atoms with Crippen LogP contribution in [0.15, 0.2) is 91.0 Å². The number of hydrogen-bond acceptors (Lipinski definition) is 5. The Bertz CT molecular complexity index is 1580. The molecule has 7 nitrogen and oxygen atoms in total. The molecular formula is C32H29N5O2. The molecule has 1 aromatic heterocycles. The first kappa shape index (κ1) is 24.6. The number of carbonyl (C=O) groups excluding carboxylic acids is 1. The number of hydrogen-bond donors (Lipinski definition) is 2. The van der Waals surface area contributed by atoms with E-state index < -0.39 is 0 Å². The zero-order valence-corrected chi connectivity index (χ0v) is 21.7. The summed E-state index contributed by atoms with van der Waals surface area (Å²) in [4.78, 5) is 13.3. The third kappa shape index (κ3) is 5.29. The molecule has 1 aliphatic rings. The highest BCUT2D eigenvalue weighted by atomic mass is 16.5. The number of tetrazole rings is 1. The van der Waals surface area contributed by atoms with E-state index in [9.17, 15) is 4.79 Å².